The first-order valence-electron chi connectivity index (χ1n) is 5.72. The standard InChI is InChI=1S/C13H13ClN2OS/c14-12-6-5-11(18-12)13(16-15)9-7-17-10-4-2-1-3-8(9)10/h1-6,9,13,16H,7,15H2. The molecule has 0 saturated heterocycles. The Kier molecular flexibility index (Phi) is 3.26. The molecule has 94 valence electrons. The molecule has 18 heavy (non-hydrogen) atoms. The minimum atomic E-state index is 0.0335. The third-order valence-electron chi connectivity index (χ3n) is 3.22. The van der Waals surface area contributed by atoms with Crippen LogP contribution in [0.5, 0.6) is 5.75 Å². The van der Waals surface area contributed by atoms with Gasteiger partial charge in [0.2, 0.25) is 0 Å². The molecule has 0 saturated carbocycles. The number of benzene rings is 1. The highest BCUT2D eigenvalue weighted by Gasteiger charge is 2.32. The van der Waals surface area contributed by atoms with Crippen molar-refractivity contribution in [3.05, 3.63) is 51.2 Å². The van der Waals surface area contributed by atoms with E-state index in [1.165, 1.54) is 5.56 Å². The second-order valence-corrected chi connectivity index (χ2v) is 5.99. The molecule has 2 aromatic rings. The van der Waals surface area contributed by atoms with E-state index < -0.39 is 0 Å². The highest BCUT2D eigenvalue weighted by molar-refractivity contribution is 7.16. The van der Waals surface area contributed by atoms with Gasteiger partial charge in [0.05, 0.1) is 17.0 Å². The normalized spacial score (nSPS) is 19.3. The Morgan fingerprint density at radius 3 is 2.89 bits per heavy atom. The van der Waals surface area contributed by atoms with E-state index >= 15 is 0 Å². The predicted molar refractivity (Wildman–Crippen MR) is 74.1 cm³/mol. The third-order valence-corrected chi connectivity index (χ3v) is 4.53. The molecule has 1 aromatic heterocycles. The lowest BCUT2D eigenvalue weighted by Gasteiger charge is -2.20. The van der Waals surface area contributed by atoms with Crippen molar-refractivity contribution in [3.8, 4) is 5.75 Å². The summed E-state index contributed by atoms with van der Waals surface area (Å²) in [4.78, 5) is 1.13. The van der Waals surface area contributed by atoms with Crippen LogP contribution in [-0.4, -0.2) is 6.61 Å². The maximum Gasteiger partial charge on any atom is 0.122 e. The summed E-state index contributed by atoms with van der Waals surface area (Å²) in [6.45, 7) is 0.643. The topological polar surface area (TPSA) is 47.3 Å². The van der Waals surface area contributed by atoms with Crippen LogP contribution in [0.3, 0.4) is 0 Å². The highest BCUT2D eigenvalue weighted by Crippen LogP contribution is 2.42. The van der Waals surface area contributed by atoms with Gasteiger partial charge in [0, 0.05) is 16.4 Å². The Bertz CT molecular complexity index is 557. The lowest BCUT2D eigenvalue weighted by molar-refractivity contribution is 0.302. The fourth-order valence-electron chi connectivity index (χ4n) is 2.36. The van der Waals surface area contributed by atoms with Crippen LogP contribution < -0.4 is 16.0 Å². The van der Waals surface area contributed by atoms with Crippen LogP contribution >= 0.6 is 22.9 Å². The van der Waals surface area contributed by atoms with Gasteiger partial charge in [-0.25, -0.2) is 0 Å². The van der Waals surface area contributed by atoms with E-state index in [1.54, 1.807) is 11.3 Å². The van der Waals surface area contributed by atoms with Crippen LogP contribution in [0.25, 0.3) is 0 Å². The summed E-state index contributed by atoms with van der Waals surface area (Å²) in [5, 5.41) is 0. The number of para-hydroxylation sites is 1. The van der Waals surface area contributed by atoms with Crippen molar-refractivity contribution in [1.82, 2.24) is 5.43 Å². The van der Waals surface area contributed by atoms with Crippen molar-refractivity contribution < 1.29 is 4.74 Å². The summed E-state index contributed by atoms with van der Waals surface area (Å²) in [6.07, 6.45) is 0. The first kappa shape index (κ1) is 12.0. The maximum atomic E-state index is 5.99. The van der Waals surface area contributed by atoms with Gasteiger partial charge >= 0.3 is 0 Å². The molecular formula is C13H13ClN2OS. The smallest absolute Gasteiger partial charge is 0.122 e. The largest absolute Gasteiger partial charge is 0.493 e. The van der Waals surface area contributed by atoms with Gasteiger partial charge < -0.3 is 4.74 Å². The third kappa shape index (κ3) is 2.01. The van der Waals surface area contributed by atoms with Crippen molar-refractivity contribution >= 4 is 22.9 Å². The molecule has 0 spiro atoms. The van der Waals surface area contributed by atoms with E-state index in [4.69, 9.17) is 22.2 Å². The first-order valence-corrected chi connectivity index (χ1v) is 6.92. The van der Waals surface area contributed by atoms with Crippen LogP contribution in [0.2, 0.25) is 4.34 Å². The van der Waals surface area contributed by atoms with Crippen LogP contribution in [0, 0.1) is 0 Å². The zero-order valence-corrected chi connectivity index (χ0v) is 11.2. The van der Waals surface area contributed by atoms with Crippen molar-refractivity contribution in [2.24, 2.45) is 5.84 Å². The van der Waals surface area contributed by atoms with E-state index in [2.05, 4.69) is 11.5 Å². The summed E-state index contributed by atoms with van der Waals surface area (Å²) in [6, 6.07) is 12.0. The van der Waals surface area contributed by atoms with Crippen molar-refractivity contribution in [1.29, 1.82) is 0 Å². The van der Waals surface area contributed by atoms with Crippen LogP contribution in [0.4, 0.5) is 0 Å². The van der Waals surface area contributed by atoms with Crippen molar-refractivity contribution in [2.75, 3.05) is 6.61 Å². The molecule has 2 atom stereocenters. The average Bonchev–Trinajstić information content (AvgIpc) is 2.98. The number of thiophene rings is 1. The number of rotatable bonds is 3. The first-order chi connectivity index (χ1) is 8.79. The van der Waals surface area contributed by atoms with Gasteiger partial charge in [-0.1, -0.05) is 29.8 Å². The Hall–Kier alpha value is -1.07. The number of nitrogens with one attached hydrogen (secondary N) is 1. The summed E-state index contributed by atoms with van der Waals surface area (Å²) < 4.78 is 6.47. The summed E-state index contributed by atoms with van der Waals surface area (Å²) in [7, 11) is 0. The number of hydrazine groups is 1. The van der Waals surface area contributed by atoms with Crippen molar-refractivity contribution in [3.63, 3.8) is 0 Å². The second-order valence-electron chi connectivity index (χ2n) is 4.24. The number of hydrogen-bond donors (Lipinski definition) is 2. The summed E-state index contributed by atoms with van der Waals surface area (Å²) >= 11 is 7.54. The van der Waals surface area contributed by atoms with Crippen LogP contribution in [0.1, 0.15) is 22.4 Å². The van der Waals surface area contributed by atoms with Gasteiger partial charge in [0.15, 0.2) is 0 Å². The Labute approximate surface area is 114 Å². The second kappa shape index (κ2) is 4.90. The Morgan fingerprint density at radius 1 is 1.33 bits per heavy atom. The minimum absolute atomic E-state index is 0.0335. The van der Waals surface area contributed by atoms with E-state index in [1.807, 2.05) is 30.3 Å². The zero-order valence-electron chi connectivity index (χ0n) is 9.60. The molecule has 1 aliphatic heterocycles. The average molecular weight is 281 g/mol. The van der Waals surface area contributed by atoms with Crippen LogP contribution in [0.15, 0.2) is 36.4 Å². The number of fused-ring (bicyclic) bond motifs is 1. The summed E-state index contributed by atoms with van der Waals surface area (Å²) in [5.41, 5.74) is 4.09. The molecule has 0 bridgehead atoms. The van der Waals surface area contributed by atoms with Gasteiger partial charge in [-0.3, -0.25) is 11.3 Å². The molecule has 3 nitrogen and oxygen atoms in total. The fourth-order valence-corrected chi connectivity index (χ4v) is 3.54. The molecular weight excluding hydrogens is 268 g/mol. The lowest BCUT2D eigenvalue weighted by atomic mass is 9.93. The van der Waals surface area contributed by atoms with Gasteiger partial charge in [-0.2, -0.15) is 0 Å². The van der Waals surface area contributed by atoms with Gasteiger partial charge in [-0.05, 0) is 18.2 Å². The molecule has 2 unspecified atom stereocenters. The molecule has 0 amide bonds. The fraction of sp³-hybridized carbons (Fsp3) is 0.231. The lowest BCUT2D eigenvalue weighted by Crippen LogP contribution is -2.32. The van der Waals surface area contributed by atoms with E-state index in [-0.39, 0.29) is 12.0 Å². The molecule has 0 fully saturated rings. The van der Waals surface area contributed by atoms with Gasteiger partial charge in [-0.15, -0.1) is 11.3 Å². The quantitative estimate of drug-likeness (QED) is 0.671. The van der Waals surface area contributed by atoms with Gasteiger partial charge in [0.25, 0.3) is 0 Å². The maximum absolute atomic E-state index is 5.99. The highest BCUT2D eigenvalue weighted by atomic mass is 35.5. The number of hydrogen-bond acceptors (Lipinski definition) is 4. The number of ether oxygens (including phenoxy) is 1. The number of nitrogens with two attached hydrogens (primary N) is 1. The number of halogens is 1. The molecule has 0 radical (unpaired) electrons. The molecule has 2 heterocycles. The molecule has 0 aliphatic carbocycles. The molecule has 1 aromatic carbocycles. The predicted octanol–water partition coefficient (Wildman–Crippen LogP) is 3.08. The molecule has 5 heteroatoms. The molecule has 1 aliphatic rings. The van der Waals surface area contributed by atoms with E-state index in [0.29, 0.717) is 6.61 Å². The Balaban J connectivity index is 1.95. The molecule has 3 rings (SSSR count). The minimum Gasteiger partial charge on any atom is -0.493 e. The van der Waals surface area contributed by atoms with Crippen molar-refractivity contribution in [2.45, 2.75) is 12.0 Å². The van der Waals surface area contributed by atoms with E-state index in [0.717, 1.165) is 15.0 Å². The Morgan fingerprint density at radius 2 is 2.17 bits per heavy atom. The van der Waals surface area contributed by atoms with E-state index in [9.17, 15) is 0 Å². The SMILES string of the molecule is NNC(c1ccc(Cl)s1)C1COc2ccccc21. The summed E-state index contributed by atoms with van der Waals surface area (Å²) in [5.74, 6) is 6.88. The van der Waals surface area contributed by atoms with Crippen LogP contribution in [-0.2, 0) is 0 Å². The zero-order chi connectivity index (χ0) is 12.5. The molecule has 3 N–H and O–H groups in total. The monoisotopic (exact) mass is 280 g/mol. The van der Waals surface area contributed by atoms with Gasteiger partial charge in [0.1, 0.15) is 5.75 Å².